The third-order valence-electron chi connectivity index (χ3n) is 3.77. The van der Waals surface area contributed by atoms with Gasteiger partial charge in [-0.05, 0) is 46.7 Å². The lowest BCUT2D eigenvalue weighted by Gasteiger charge is -2.16. The highest BCUT2D eigenvalue weighted by Crippen LogP contribution is 2.18. The largest absolute Gasteiger partial charge is 0.363 e. The molecule has 0 amide bonds. The molecular formula is C18H17FN10O2. The van der Waals surface area contributed by atoms with Gasteiger partial charge in [-0.1, -0.05) is 0 Å². The molecule has 0 bridgehead atoms. The number of nitrogens with one attached hydrogen (secondary N) is 4. The van der Waals surface area contributed by atoms with Crippen LogP contribution in [0.25, 0.3) is 0 Å². The second kappa shape index (κ2) is 10.3. The summed E-state index contributed by atoms with van der Waals surface area (Å²) in [7, 11) is 0. The molecule has 5 N–H and O–H groups in total. The molecule has 0 radical (unpaired) electrons. The highest BCUT2D eigenvalue weighted by molar-refractivity contribution is 6.07. The molecule has 0 atom stereocenters. The fraction of sp³-hybridized carbons (Fsp3) is 0.111. The van der Waals surface area contributed by atoms with Gasteiger partial charge < -0.3 is 10.6 Å². The molecule has 0 spiro atoms. The Bertz CT molecular complexity index is 1080. The lowest BCUT2D eigenvalue weighted by Crippen LogP contribution is -2.29. The molecule has 0 unspecified atom stereocenters. The minimum atomic E-state index is -0.474. The van der Waals surface area contributed by atoms with Crippen LogP contribution in [0, 0.1) is 22.7 Å². The summed E-state index contributed by atoms with van der Waals surface area (Å²) >= 11 is 0. The van der Waals surface area contributed by atoms with Crippen molar-refractivity contribution in [1.29, 1.82) is 10.7 Å². The van der Waals surface area contributed by atoms with E-state index < -0.39 is 11.7 Å². The molecule has 2 heterocycles. The highest BCUT2D eigenvalue weighted by atomic mass is 19.1. The number of amidine groups is 1. The number of pyridine rings is 1. The number of halogens is 1. The fourth-order valence-electron chi connectivity index (χ4n) is 2.35. The van der Waals surface area contributed by atoms with E-state index >= 15 is 0 Å². The number of nitrogens with zero attached hydrogens (tertiary/aromatic N) is 6. The molecular weight excluding hydrogens is 407 g/mol. The highest BCUT2D eigenvalue weighted by Gasteiger charge is 2.21. The van der Waals surface area contributed by atoms with Gasteiger partial charge in [0.25, 0.3) is 0 Å². The van der Waals surface area contributed by atoms with E-state index in [0.29, 0.717) is 10.8 Å². The van der Waals surface area contributed by atoms with Crippen molar-refractivity contribution in [2.75, 3.05) is 28.8 Å². The average molecular weight is 424 g/mol. The summed E-state index contributed by atoms with van der Waals surface area (Å²) in [5.41, 5.74) is 0.760. The van der Waals surface area contributed by atoms with Crippen molar-refractivity contribution < 1.29 is 14.2 Å². The van der Waals surface area contributed by atoms with Gasteiger partial charge in [0, 0.05) is 12.7 Å². The van der Waals surface area contributed by atoms with Gasteiger partial charge in [-0.3, -0.25) is 25.9 Å². The number of hydrogen-bond donors (Lipinski definition) is 5. The molecule has 1 aromatic carbocycles. The number of aromatic nitrogens is 3. The number of benzene rings is 1. The Morgan fingerprint density at radius 1 is 1.29 bits per heavy atom. The Labute approximate surface area is 175 Å². The first-order valence-corrected chi connectivity index (χ1v) is 8.85. The number of aliphatic imine (C=N–C) groups is 1. The second-order valence-electron chi connectivity index (χ2n) is 5.86. The summed E-state index contributed by atoms with van der Waals surface area (Å²) in [5.74, 6) is -0.570. The molecule has 13 heteroatoms. The molecule has 3 aromatic rings. The van der Waals surface area contributed by atoms with Crippen LogP contribution in [0.1, 0.15) is 5.69 Å². The molecule has 31 heavy (non-hydrogen) atoms. The smallest absolute Gasteiger partial charge is 0.209 e. The number of hydroxylamine groups is 1. The van der Waals surface area contributed by atoms with E-state index in [2.05, 4.69) is 40.9 Å². The third-order valence-corrected chi connectivity index (χ3v) is 3.77. The lowest BCUT2D eigenvalue weighted by molar-refractivity contribution is 0.300. The molecule has 0 saturated carbocycles. The third kappa shape index (κ3) is 5.71. The Morgan fingerprint density at radius 2 is 2.10 bits per heavy atom. The van der Waals surface area contributed by atoms with E-state index in [9.17, 15) is 9.60 Å². The number of anilines is 3. The number of nitriles is 1. The zero-order valence-corrected chi connectivity index (χ0v) is 15.9. The number of guanidine groups is 1. The molecule has 0 aliphatic carbocycles. The standard InChI is InChI=1S/C18H17FN10O2/c19-12-3-5-14(6-4-12)29(30)16(21)15-17(28-31-27-15)23-8-9-24-18(25-11-20)26-13-2-1-7-22-10-13/h1-7,10,21,30H,8-9H2,(H,23,28)(H2,24,25,26). The normalized spacial score (nSPS) is 10.8. The fourth-order valence-corrected chi connectivity index (χ4v) is 2.35. The van der Waals surface area contributed by atoms with Crippen molar-refractivity contribution in [3.8, 4) is 6.19 Å². The maximum absolute atomic E-state index is 13.0. The van der Waals surface area contributed by atoms with Crippen molar-refractivity contribution in [1.82, 2.24) is 20.6 Å². The maximum atomic E-state index is 13.0. The average Bonchev–Trinajstić information content (AvgIpc) is 3.25. The summed E-state index contributed by atoms with van der Waals surface area (Å²) in [5, 5.41) is 43.2. The lowest BCUT2D eigenvalue weighted by atomic mass is 10.3. The molecule has 12 nitrogen and oxygen atoms in total. The van der Waals surface area contributed by atoms with Crippen LogP contribution in [0.2, 0.25) is 0 Å². The van der Waals surface area contributed by atoms with Gasteiger partial charge in [-0.2, -0.15) is 5.26 Å². The van der Waals surface area contributed by atoms with Crippen molar-refractivity contribution in [3.63, 3.8) is 0 Å². The molecule has 2 aromatic heterocycles. The predicted octanol–water partition coefficient (Wildman–Crippen LogP) is 1.78. The Kier molecular flexibility index (Phi) is 7.01. The van der Waals surface area contributed by atoms with Crippen LogP contribution in [0.4, 0.5) is 21.6 Å². The molecule has 0 aliphatic heterocycles. The van der Waals surface area contributed by atoms with Crippen LogP contribution in [0.15, 0.2) is 58.4 Å². The number of rotatable bonds is 7. The predicted molar refractivity (Wildman–Crippen MR) is 109 cm³/mol. The van der Waals surface area contributed by atoms with E-state index in [4.69, 9.17) is 10.7 Å². The summed E-state index contributed by atoms with van der Waals surface area (Å²) in [6.45, 7) is 0.472. The van der Waals surface area contributed by atoms with Crippen LogP contribution in [-0.2, 0) is 0 Å². The van der Waals surface area contributed by atoms with E-state index in [0.717, 1.165) is 12.1 Å². The van der Waals surface area contributed by atoms with Crippen LogP contribution >= 0.6 is 0 Å². The zero-order valence-electron chi connectivity index (χ0n) is 15.9. The minimum Gasteiger partial charge on any atom is -0.363 e. The van der Waals surface area contributed by atoms with Gasteiger partial charge >= 0.3 is 0 Å². The van der Waals surface area contributed by atoms with Gasteiger partial charge in [-0.25, -0.2) is 14.1 Å². The SMILES string of the molecule is N#CNC(=NCCNc1nonc1C(=N)N(O)c1ccc(F)cc1)Nc1cccnc1. The molecule has 0 aliphatic rings. The molecule has 158 valence electrons. The first-order valence-electron chi connectivity index (χ1n) is 8.85. The number of hydrogen-bond acceptors (Lipinski definition) is 9. The Hall–Kier alpha value is -4.57. The summed E-state index contributed by atoms with van der Waals surface area (Å²) in [6.07, 6.45) is 4.99. The van der Waals surface area contributed by atoms with Crippen LogP contribution in [0.5, 0.6) is 0 Å². The summed E-state index contributed by atoms with van der Waals surface area (Å²) in [4.78, 5) is 8.19. The molecule has 0 saturated heterocycles. The van der Waals surface area contributed by atoms with E-state index in [1.807, 2.05) is 0 Å². The monoisotopic (exact) mass is 424 g/mol. The van der Waals surface area contributed by atoms with Crippen molar-refractivity contribution >= 4 is 29.0 Å². The van der Waals surface area contributed by atoms with E-state index in [-0.39, 0.29) is 36.2 Å². The van der Waals surface area contributed by atoms with Crippen molar-refractivity contribution in [3.05, 3.63) is 60.3 Å². The first-order chi connectivity index (χ1) is 15.1. The second-order valence-corrected chi connectivity index (χ2v) is 5.86. The van der Waals surface area contributed by atoms with Crippen LogP contribution in [-0.4, -0.2) is 45.4 Å². The van der Waals surface area contributed by atoms with Gasteiger partial charge in [0.15, 0.2) is 17.7 Å². The van der Waals surface area contributed by atoms with Gasteiger partial charge in [0.2, 0.25) is 11.8 Å². The van der Waals surface area contributed by atoms with Gasteiger partial charge in [0.1, 0.15) is 5.82 Å². The van der Waals surface area contributed by atoms with Crippen molar-refractivity contribution in [2.45, 2.75) is 0 Å². The van der Waals surface area contributed by atoms with Crippen LogP contribution < -0.4 is 21.0 Å². The first kappa shape index (κ1) is 21.1. The van der Waals surface area contributed by atoms with E-state index in [1.54, 1.807) is 30.7 Å². The van der Waals surface area contributed by atoms with E-state index in [1.165, 1.54) is 12.1 Å². The summed E-state index contributed by atoms with van der Waals surface area (Å²) < 4.78 is 17.7. The van der Waals surface area contributed by atoms with Gasteiger partial charge in [-0.15, -0.1) is 0 Å². The Balaban J connectivity index is 1.59. The topological polar surface area (TPSA) is 171 Å². The minimum absolute atomic E-state index is 0.0559. The maximum Gasteiger partial charge on any atom is 0.209 e. The van der Waals surface area contributed by atoms with Gasteiger partial charge in [0.05, 0.1) is 24.1 Å². The molecule has 0 fully saturated rings. The van der Waals surface area contributed by atoms with Crippen LogP contribution in [0.3, 0.4) is 0 Å². The zero-order chi connectivity index (χ0) is 22.1. The quantitative estimate of drug-likeness (QED) is 0.0940. The Morgan fingerprint density at radius 3 is 2.81 bits per heavy atom. The van der Waals surface area contributed by atoms with Crippen molar-refractivity contribution in [2.24, 2.45) is 4.99 Å². The summed E-state index contributed by atoms with van der Waals surface area (Å²) in [6, 6.07) is 8.40. The molecule has 3 rings (SSSR count).